The molecule has 17 heavy (non-hydrogen) atoms. The molecule has 1 amide bonds. The van der Waals surface area contributed by atoms with Crippen LogP contribution < -0.4 is 11.1 Å². The number of nitrogens with two attached hydrogens (primary N) is 1. The van der Waals surface area contributed by atoms with Gasteiger partial charge in [0.15, 0.2) is 0 Å². The van der Waals surface area contributed by atoms with Crippen molar-refractivity contribution in [2.45, 2.75) is 25.8 Å². The van der Waals surface area contributed by atoms with Gasteiger partial charge in [0.1, 0.15) is 0 Å². The number of nitrogens with one attached hydrogen (secondary N) is 1. The van der Waals surface area contributed by atoms with E-state index in [-0.39, 0.29) is 18.3 Å². The number of carbonyl (C=O) groups excluding carboxylic acids is 1. The second kappa shape index (κ2) is 8.34. The highest BCUT2D eigenvalue weighted by atomic mass is 35.5. The molecule has 1 aromatic rings. The highest BCUT2D eigenvalue weighted by Gasteiger charge is 2.04. The third-order valence-electron chi connectivity index (χ3n) is 2.27. The Bertz CT molecular complexity index is 339. The van der Waals surface area contributed by atoms with Crippen LogP contribution in [0.25, 0.3) is 0 Å². The zero-order chi connectivity index (χ0) is 12.0. The zero-order valence-electron chi connectivity index (χ0n) is 9.78. The molecule has 0 saturated heterocycles. The first kappa shape index (κ1) is 16.2. The molecule has 1 aromatic carbocycles. The molecule has 0 saturated carbocycles. The minimum Gasteiger partial charge on any atom is -0.355 e. The fourth-order valence-corrected chi connectivity index (χ4v) is 1.44. The van der Waals surface area contributed by atoms with Gasteiger partial charge in [-0.25, -0.2) is 0 Å². The van der Waals surface area contributed by atoms with Gasteiger partial charge in [-0.2, -0.15) is 0 Å². The highest BCUT2D eigenvalue weighted by Crippen LogP contribution is 2.10. The standard InChI is InChI=1S/C12H17ClN2O.ClH/c1-9(14)12(16)15-8-2-3-10-4-6-11(13)7-5-10;/h4-7,9H,2-3,8,14H2,1H3,(H,15,16);1H/t9-;/m0./s1. The summed E-state index contributed by atoms with van der Waals surface area (Å²) in [5.74, 6) is -0.101. The fourth-order valence-electron chi connectivity index (χ4n) is 1.32. The number of amides is 1. The van der Waals surface area contributed by atoms with Gasteiger partial charge < -0.3 is 11.1 Å². The average Bonchev–Trinajstić information content (AvgIpc) is 2.26. The van der Waals surface area contributed by atoms with Crippen LogP contribution in [0.4, 0.5) is 0 Å². The molecule has 5 heteroatoms. The van der Waals surface area contributed by atoms with Crippen LogP contribution in [0, 0.1) is 0 Å². The van der Waals surface area contributed by atoms with E-state index in [4.69, 9.17) is 17.3 Å². The van der Waals surface area contributed by atoms with Crippen molar-refractivity contribution in [3.05, 3.63) is 34.9 Å². The third kappa shape index (κ3) is 6.51. The van der Waals surface area contributed by atoms with Gasteiger partial charge in [0.2, 0.25) is 5.91 Å². The summed E-state index contributed by atoms with van der Waals surface area (Å²) < 4.78 is 0. The van der Waals surface area contributed by atoms with E-state index in [1.165, 1.54) is 5.56 Å². The molecule has 0 aliphatic heterocycles. The van der Waals surface area contributed by atoms with Crippen LogP contribution in [0.1, 0.15) is 18.9 Å². The smallest absolute Gasteiger partial charge is 0.236 e. The van der Waals surface area contributed by atoms with Crippen molar-refractivity contribution in [1.29, 1.82) is 0 Å². The second-order valence-corrected chi connectivity index (χ2v) is 4.25. The summed E-state index contributed by atoms with van der Waals surface area (Å²) in [6.45, 7) is 2.33. The molecule has 1 rings (SSSR count). The number of hydrogen-bond acceptors (Lipinski definition) is 2. The zero-order valence-corrected chi connectivity index (χ0v) is 11.4. The minimum atomic E-state index is -0.435. The predicted molar refractivity (Wildman–Crippen MR) is 73.7 cm³/mol. The predicted octanol–water partition coefficient (Wildman–Crippen LogP) is 2.16. The number of aryl methyl sites for hydroxylation is 1. The van der Waals surface area contributed by atoms with Crippen LogP contribution in [-0.4, -0.2) is 18.5 Å². The van der Waals surface area contributed by atoms with Gasteiger partial charge in [0.25, 0.3) is 0 Å². The molecule has 0 radical (unpaired) electrons. The number of benzene rings is 1. The summed E-state index contributed by atoms with van der Waals surface area (Å²) in [7, 11) is 0. The van der Waals surface area contributed by atoms with Crippen LogP contribution in [-0.2, 0) is 11.2 Å². The summed E-state index contributed by atoms with van der Waals surface area (Å²) in [6, 6.07) is 7.30. The maximum atomic E-state index is 11.1. The Balaban J connectivity index is 0.00000256. The van der Waals surface area contributed by atoms with E-state index in [9.17, 15) is 4.79 Å². The molecule has 3 nitrogen and oxygen atoms in total. The summed E-state index contributed by atoms with van der Waals surface area (Å²) in [6.07, 6.45) is 1.83. The molecule has 3 N–H and O–H groups in total. The van der Waals surface area contributed by atoms with Crippen molar-refractivity contribution in [2.24, 2.45) is 5.73 Å². The first-order valence-electron chi connectivity index (χ1n) is 5.37. The first-order chi connectivity index (χ1) is 7.59. The van der Waals surface area contributed by atoms with E-state index in [1.807, 2.05) is 24.3 Å². The van der Waals surface area contributed by atoms with Crippen molar-refractivity contribution in [2.75, 3.05) is 6.54 Å². The Labute approximate surface area is 113 Å². The molecule has 0 spiro atoms. The first-order valence-corrected chi connectivity index (χ1v) is 5.75. The van der Waals surface area contributed by atoms with Gasteiger partial charge in [-0.3, -0.25) is 4.79 Å². The van der Waals surface area contributed by atoms with Crippen LogP contribution >= 0.6 is 24.0 Å². The van der Waals surface area contributed by atoms with Crippen molar-refractivity contribution in [1.82, 2.24) is 5.32 Å². The SMILES string of the molecule is C[C@H](N)C(=O)NCCCc1ccc(Cl)cc1.Cl. The lowest BCUT2D eigenvalue weighted by molar-refractivity contribution is -0.121. The molecule has 0 unspecified atom stereocenters. The van der Waals surface area contributed by atoms with Crippen molar-refractivity contribution in [3.8, 4) is 0 Å². The van der Waals surface area contributed by atoms with Crippen molar-refractivity contribution < 1.29 is 4.79 Å². The number of carbonyl (C=O) groups is 1. The maximum absolute atomic E-state index is 11.1. The molecule has 1 atom stereocenters. The van der Waals surface area contributed by atoms with Crippen LogP contribution in [0.2, 0.25) is 5.02 Å². The molecule has 0 fully saturated rings. The van der Waals surface area contributed by atoms with Crippen LogP contribution in [0.5, 0.6) is 0 Å². The summed E-state index contributed by atoms with van der Waals surface area (Å²) in [4.78, 5) is 11.1. The molecule has 0 heterocycles. The largest absolute Gasteiger partial charge is 0.355 e. The Hall–Kier alpha value is -0.770. The molecule has 0 aromatic heterocycles. The van der Waals surface area contributed by atoms with E-state index < -0.39 is 6.04 Å². The second-order valence-electron chi connectivity index (χ2n) is 3.81. The van der Waals surface area contributed by atoms with Gasteiger partial charge in [0.05, 0.1) is 6.04 Å². The van der Waals surface area contributed by atoms with E-state index in [0.29, 0.717) is 6.54 Å². The number of halogens is 2. The van der Waals surface area contributed by atoms with E-state index in [0.717, 1.165) is 17.9 Å². The lowest BCUT2D eigenvalue weighted by atomic mass is 10.1. The van der Waals surface area contributed by atoms with Gasteiger partial charge in [-0.05, 0) is 37.5 Å². The Kier molecular flexibility index (Phi) is 7.96. The maximum Gasteiger partial charge on any atom is 0.236 e. The Morgan fingerprint density at radius 1 is 1.41 bits per heavy atom. The third-order valence-corrected chi connectivity index (χ3v) is 2.52. The quantitative estimate of drug-likeness (QED) is 0.810. The van der Waals surface area contributed by atoms with Crippen LogP contribution in [0.15, 0.2) is 24.3 Å². The highest BCUT2D eigenvalue weighted by molar-refractivity contribution is 6.30. The van der Waals surface area contributed by atoms with E-state index in [2.05, 4.69) is 5.32 Å². The van der Waals surface area contributed by atoms with Crippen molar-refractivity contribution in [3.63, 3.8) is 0 Å². The topological polar surface area (TPSA) is 55.1 Å². The molecule has 0 aliphatic carbocycles. The van der Waals surface area contributed by atoms with E-state index in [1.54, 1.807) is 6.92 Å². The summed E-state index contributed by atoms with van der Waals surface area (Å²) in [5.41, 5.74) is 6.64. The normalized spacial score (nSPS) is 11.5. The lowest BCUT2D eigenvalue weighted by Crippen LogP contribution is -2.38. The Morgan fingerprint density at radius 3 is 2.53 bits per heavy atom. The molecular weight excluding hydrogens is 259 g/mol. The van der Waals surface area contributed by atoms with Gasteiger partial charge in [0, 0.05) is 11.6 Å². The number of hydrogen-bond donors (Lipinski definition) is 2. The molecular formula is C12H18Cl2N2O. The summed E-state index contributed by atoms with van der Waals surface area (Å²) in [5, 5.41) is 3.52. The van der Waals surface area contributed by atoms with Gasteiger partial charge in [-0.1, -0.05) is 23.7 Å². The van der Waals surface area contributed by atoms with Crippen molar-refractivity contribution >= 4 is 29.9 Å². The number of rotatable bonds is 5. The minimum absolute atomic E-state index is 0. The van der Waals surface area contributed by atoms with Gasteiger partial charge in [-0.15, -0.1) is 12.4 Å². The molecule has 0 aliphatic rings. The fraction of sp³-hybridized carbons (Fsp3) is 0.417. The van der Waals surface area contributed by atoms with Gasteiger partial charge >= 0.3 is 0 Å². The van der Waals surface area contributed by atoms with Crippen LogP contribution in [0.3, 0.4) is 0 Å². The molecule has 0 bridgehead atoms. The van der Waals surface area contributed by atoms with E-state index >= 15 is 0 Å². The molecule has 96 valence electrons. The average molecular weight is 277 g/mol. The summed E-state index contributed by atoms with van der Waals surface area (Å²) >= 11 is 5.78. The lowest BCUT2D eigenvalue weighted by Gasteiger charge is -2.07. The Morgan fingerprint density at radius 2 is 2.00 bits per heavy atom. The monoisotopic (exact) mass is 276 g/mol.